The van der Waals surface area contributed by atoms with E-state index in [-0.39, 0.29) is 25.5 Å². The second-order valence-electron chi connectivity index (χ2n) is 6.43. The number of aryl methyl sites for hydroxylation is 1. The number of carbonyl (C=O) groups is 2. The standard InChI is InChI=1S/C22H22N2O4S/c1-16-7-9-19(10-8-16)27-14-21-24-18(15-29-21)11-20(25)23-12-22(26)28-13-17-5-3-2-4-6-17/h2-10,15H,11-14H2,1H3,(H,23,25). The topological polar surface area (TPSA) is 77.5 Å². The highest BCUT2D eigenvalue weighted by Crippen LogP contribution is 2.16. The van der Waals surface area contributed by atoms with Gasteiger partial charge in [-0.3, -0.25) is 9.59 Å². The van der Waals surface area contributed by atoms with Crippen molar-refractivity contribution in [2.24, 2.45) is 0 Å². The number of hydrogen-bond donors (Lipinski definition) is 1. The van der Waals surface area contributed by atoms with Crippen LogP contribution < -0.4 is 10.1 Å². The predicted molar refractivity (Wildman–Crippen MR) is 111 cm³/mol. The molecular weight excluding hydrogens is 388 g/mol. The monoisotopic (exact) mass is 410 g/mol. The first kappa shape index (κ1) is 20.5. The Morgan fingerprint density at radius 3 is 2.55 bits per heavy atom. The normalized spacial score (nSPS) is 10.4. The van der Waals surface area contributed by atoms with Crippen LogP contribution in [0.5, 0.6) is 5.75 Å². The molecule has 1 amide bonds. The molecule has 0 bridgehead atoms. The Labute approximate surface area is 173 Å². The molecule has 0 fully saturated rings. The molecule has 1 N–H and O–H groups in total. The van der Waals surface area contributed by atoms with Crippen molar-refractivity contribution < 1.29 is 19.1 Å². The first-order chi connectivity index (χ1) is 14.1. The lowest BCUT2D eigenvalue weighted by atomic mass is 10.2. The molecule has 6 nitrogen and oxygen atoms in total. The number of thiazole rings is 1. The highest BCUT2D eigenvalue weighted by molar-refractivity contribution is 7.09. The van der Waals surface area contributed by atoms with Gasteiger partial charge in [-0.15, -0.1) is 11.3 Å². The Balaban J connectivity index is 1.37. The fourth-order valence-corrected chi connectivity index (χ4v) is 3.17. The number of nitrogens with zero attached hydrogens (tertiary/aromatic N) is 1. The largest absolute Gasteiger partial charge is 0.486 e. The van der Waals surface area contributed by atoms with Crippen LogP contribution in [0.4, 0.5) is 0 Å². The molecule has 0 spiro atoms. The van der Waals surface area contributed by atoms with E-state index in [1.54, 1.807) is 0 Å². The zero-order valence-electron chi connectivity index (χ0n) is 16.1. The lowest BCUT2D eigenvalue weighted by molar-refractivity contribution is -0.145. The van der Waals surface area contributed by atoms with E-state index in [0.717, 1.165) is 16.3 Å². The third-order valence-corrected chi connectivity index (χ3v) is 4.87. The molecular formula is C22H22N2O4S. The minimum atomic E-state index is -0.479. The van der Waals surface area contributed by atoms with Crippen molar-refractivity contribution in [1.29, 1.82) is 0 Å². The summed E-state index contributed by atoms with van der Waals surface area (Å²) in [6, 6.07) is 17.2. The molecule has 0 aliphatic heterocycles. The van der Waals surface area contributed by atoms with Gasteiger partial charge in [-0.1, -0.05) is 48.0 Å². The molecule has 1 heterocycles. The van der Waals surface area contributed by atoms with Gasteiger partial charge in [0, 0.05) is 5.38 Å². The van der Waals surface area contributed by atoms with Gasteiger partial charge >= 0.3 is 5.97 Å². The lowest BCUT2D eigenvalue weighted by Gasteiger charge is -2.06. The van der Waals surface area contributed by atoms with Crippen LogP contribution in [0.1, 0.15) is 21.8 Å². The molecule has 1 aromatic heterocycles. The van der Waals surface area contributed by atoms with E-state index in [0.29, 0.717) is 12.3 Å². The SMILES string of the molecule is Cc1ccc(OCc2nc(CC(=O)NCC(=O)OCc3ccccc3)cs2)cc1. The van der Waals surface area contributed by atoms with Crippen LogP contribution >= 0.6 is 11.3 Å². The number of carbonyl (C=O) groups excluding carboxylic acids is 2. The van der Waals surface area contributed by atoms with Crippen LogP contribution in [-0.2, 0) is 34.0 Å². The van der Waals surface area contributed by atoms with E-state index in [2.05, 4.69) is 10.3 Å². The van der Waals surface area contributed by atoms with E-state index in [4.69, 9.17) is 9.47 Å². The van der Waals surface area contributed by atoms with E-state index in [1.807, 2.05) is 66.9 Å². The predicted octanol–water partition coefficient (Wildman–Crippen LogP) is 3.43. The summed E-state index contributed by atoms with van der Waals surface area (Å²) in [4.78, 5) is 28.2. The highest BCUT2D eigenvalue weighted by Gasteiger charge is 2.11. The average Bonchev–Trinajstić information content (AvgIpc) is 3.18. The maximum Gasteiger partial charge on any atom is 0.325 e. The second-order valence-corrected chi connectivity index (χ2v) is 7.38. The van der Waals surface area contributed by atoms with Crippen LogP contribution in [0, 0.1) is 6.92 Å². The number of ether oxygens (including phenoxy) is 2. The van der Waals surface area contributed by atoms with Crippen molar-refractivity contribution in [2.75, 3.05) is 6.54 Å². The molecule has 0 saturated carbocycles. The molecule has 7 heteroatoms. The van der Waals surface area contributed by atoms with E-state index in [9.17, 15) is 9.59 Å². The summed E-state index contributed by atoms with van der Waals surface area (Å²) in [5.41, 5.74) is 2.71. The number of benzene rings is 2. The average molecular weight is 410 g/mol. The number of rotatable bonds is 9. The maximum absolute atomic E-state index is 12.0. The summed E-state index contributed by atoms with van der Waals surface area (Å²) in [5.74, 6) is 0.0183. The van der Waals surface area contributed by atoms with Crippen molar-refractivity contribution in [3.05, 3.63) is 81.8 Å². The summed E-state index contributed by atoms with van der Waals surface area (Å²) >= 11 is 1.44. The van der Waals surface area contributed by atoms with Crippen LogP contribution in [0.15, 0.2) is 60.0 Å². The Morgan fingerprint density at radius 2 is 1.79 bits per heavy atom. The van der Waals surface area contributed by atoms with Crippen LogP contribution in [0.2, 0.25) is 0 Å². The van der Waals surface area contributed by atoms with Gasteiger partial charge < -0.3 is 14.8 Å². The third-order valence-electron chi connectivity index (χ3n) is 4.00. The molecule has 0 radical (unpaired) electrons. The molecule has 3 rings (SSSR count). The fraction of sp³-hybridized carbons (Fsp3) is 0.227. The molecule has 0 saturated heterocycles. The van der Waals surface area contributed by atoms with Crippen LogP contribution in [0.25, 0.3) is 0 Å². The quantitative estimate of drug-likeness (QED) is 0.547. The van der Waals surface area contributed by atoms with E-state index >= 15 is 0 Å². The first-order valence-corrected chi connectivity index (χ1v) is 10.1. The van der Waals surface area contributed by atoms with Crippen molar-refractivity contribution in [3.8, 4) is 5.75 Å². The zero-order valence-corrected chi connectivity index (χ0v) is 16.9. The summed E-state index contributed by atoms with van der Waals surface area (Å²) in [6.45, 7) is 2.39. The van der Waals surface area contributed by atoms with Crippen molar-refractivity contribution in [3.63, 3.8) is 0 Å². The Hall–Kier alpha value is -3.19. The Bertz CT molecular complexity index is 939. The van der Waals surface area contributed by atoms with Gasteiger partial charge in [-0.25, -0.2) is 4.98 Å². The molecule has 0 aliphatic carbocycles. The molecule has 3 aromatic rings. The number of amides is 1. The van der Waals surface area contributed by atoms with Crippen molar-refractivity contribution in [2.45, 2.75) is 26.6 Å². The molecule has 0 atom stereocenters. The van der Waals surface area contributed by atoms with Gasteiger partial charge in [0.15, 0.2) is 0 Å². The van der Waals surface area contributed by atoms with Crippen molar-refractivity contribution >= 4 is 23.2 Å². The summed E-state index contributed by atoms with van der Waals surface area (Å²) < 4.78 is 10.8. The first-order valence-electron chi connectivity index (χ1n) is 9.17. The number of esters is 1. The summed E-state index contributed by atoms with van der Waals surface area (Å²) in [5, 5.41) is 5.17. The molecule has 29 heavy (non-hydrogen) atoms. The third kappa shape index (κ3) is 7.04. The summed E-state index contributed by atoms with van der Waals surface area (Å²) in [7, 11) is 0. The van der Waals surface area contributed by atoms with E-state index < -0.39 is 5.97 Å². The van der Waals surface area contributed by atoms with E-state index in [1.165, 1.54) is 16.9 Å². The number of aromatic nitrogens is 1. The van der Waals surface area contributed by atoms with Gasteiger partial charge in [-0.05, 0) is 24.6 Å². The fourth-order valence-electron chi connectivity index (χ4n) is 2.46. The van der Waals surface area contributed by atoms with Crippen molar-refractivity contribution in [1.82, 2.24) is 10.3 Å². The molecule has 0 unspecified atom stereocenters. The molecule has 150 valence electrons. The van der Waals surface area contributed by atoms with Gasteiger partial charge in [0.25, 0.3) is 0 Å². The number of nitrogens with one attached hydrogen (secondary N) is 1. The Morgan fingerprint density at radius 1 is 1.03 bits per heavy atom. The maximum atomic E-state index is 12.0. The minimum Gasteiger partial charge on any atom is -0.486 e. The highest BCUT2D eigenvalue weighted by atomic mass is 32.1. The molecule has 2 aromatic carbocycles. The number of hydrogen-bond acceptors (Lipinski definition) is 6. The van der Waals surface area contributed by atoms with Gasteiger partial charge in [0.05, 0.1) is 12.1 Å². The minimum absolute atomic E-state index is 0.104. The van der Waals surface area contributed by atoms with Crippen LogP contribution in [0.3, 0.4) is 0 Å². The van der Waals surface area contributed by atoms with Gasteiger partial charge in [-0.2, -0.15) is 0 Å². The molecule has 0 aliphatic rings. The van der Waals surface area contributed by atoms with Crippen LogP contribution in [-0.4, -0.2) is 23.4 Å². The zero-order chi connectivity index (χ0) is 20.5. The smallest absolute Gasteiger partial charge is 0.325 e. The Kier molecular flexibility index (Phi) is 7.35. The summed E-state index contributed by atoms with van der Waals surface area (Å²) in [6.07, 6.45) is 0.104. The second kappa shape index (κ2) is 10.4. The lowest BCUT2D eigenvalue weighted by Crippen LogP contribution is -2.31. The van der Waals surface area contributed by atoms with Gasteiger partial charge in [0.2, 0.25) is 5.91 Å². The van der Waals surface area contributed by atoms with Gasteiger partial charge in [0.1, 0.15) is 30.5 Å².